The highest BCUT2D eigenvalue weighted by Gasteiger charge is 2.14. The van der Waals surface area contributed by atoms with Crippen molar-refractivity contribution in [2.45, 2.75) is 0 Å². The van der Waals surface area contributed by atoms with Gasteiger partial charge in [0.1, 0.15) is 21.5 Å². The first-order valence-electron chi connectivity index (χ1n) is 7.97. The third-order valence-electron chi connectivity index (χ3n) is 4.17. The molecule has 0 aliphatic rings. The largest absolute Gasteiger partial charge is 0.507 e. The number of phenols is 2. The molecular formula is C20H12N2O2S2. The van der Waals surface area contributed by atoms with Gasteiger partial charge in [0.2, 0.25) is 0 Å². The van der Waals surface area contributed by atoms with Crippen LogP contribution < -0.4 is 0 Å². The van der Waals surface area contributed by atoms with Gasteiger partial charge in [-0.2, -0.15) is 0 Å². The van der Waals surface area contributed by atoms with E-state index in [1.807, 2.05) is 30.3 Å². The number of hydrogen-bond donors (Lipinski definition) is 2. The van der Waals surface area contributed by atoms with Crippen molar-refractivity contribution in [2.24, 2.45) is 0 Å². The lowest BCUT2D eigenvalue weighted by molar-refractivity contribution is 0.477. The first-order chi connectivity index (χ1) is 12.7. The second-order valence-corrected chi connectivity index (χ2v) is 7.92. The standard InChI is InChI=1S/C20H12N2O2S2/c23-15-7-3-1-5-11(15)19-21-13-9-14-18(10-17(13)25-19)26-20(22-14)12-6-2-4-8-16(12)24/h1-10,23-24H. The zero-order chi connectivity index (χ0) is 17.7. The Balaban J connectivity index is 1.66. The van der Waals surface area contributed by atoms with Crippen LogP contribution in [-0.2, 0) is 0 Å². The number of aromatic nitrogens is 2. The Morgan fingerprint density at radius 3 is 1.54 bits per heavy atom. The smallest absolute Gasteiger partial charge is 0.128 e. The van der Waals surface area contributed by atoms with E-state index >= 15 is 0 Å². The second-order valence-electron chi connectivity index (χ2n) is 5.86. The average molecular weight is 376 g/mol. The van der Waals surface area contributed by atoms with Gasteiger partial charge in [-0.1, -0.05) is 24.3 Å². The van der Waals surface area contributed by atoms with Crippen molar-refractivity contribution in [1.29, 1.82) is 0 Å². The van der Waals surface area contributed by atoms with Crippen LogP contribution in [0.1, 0.15) is 0 Å². The van der Waals surface area contributed by atoms with Crippen molar-refractivity contribution >= 4 is 43.1 Å². The maximum atomic E-state index is 10.1. The van der Waals surface area contributed by atoms with E-state index in [9.17, 15) is 10.2 Å². The predicted octanol–water partition coefficient (Wildman–Crippen LogP) is 5.65. The minimum atomic E-state index is 0.230. The summed E-state index contributed by atoms with van der Waals surface area (Å²) < 4.78 is 2.09. The Hall–Kier alpha value is -2.96. The third kappa shape index (κ3) is 2.42. The molecule has 5 aromatic rings. The van der Waals surface area contributed by atoms with E-state index in [4.69, 9.17) is 0 Å². The number of para-hydroxylation sites is 2. The SMILES string of the molecule is Oc1ccccc1-c1nc2cc3nc(-c4ccccc4O)sc3cc2s1. The van der Waals surface area contributed by atoms with E-state index < -0.39 is 0 Å². The van der Waals surface area contributed by atoms with Gasteiger partial charge in [0.25, 0.3) is 0 Å². The Labute approximate surface area is 156 Å². The Bertz CT molecular complexity index is 1130. The van der Waals surface area contributed by atoms with Gasteiger partial charge in [0.15, 0.2) is 0 Å². The summed E-state index contributed by atoms with van der Waals surface area (Å²) >= 11 is 3.09. The lowest BCUT2D eigenvalue weighted by Crippen LogP contribution is -1.77. The summed E-state index contributed by atoms with van der Waals surface area (Å²) in [6.07, 6.45) is 0. The van der Waals surface area contributed by atoms with Crippen LogP contribution in [-0.4, -0.2) is 20.2 Å². The number of fused-ring (bicyclic) bond motifs is 2. The molecule has 0 fully saturated rings. The third-order valence-corrected chi connectivity index (χ3v) is 6.27. The molecule has 2 heterocycles. The molecule has 5 rings (SSSR count). The van der Waals surface area contributed by atoms with Crippen molar-refractivity contribution in [1.82, 2.24) is 9.97 Å². The van der Waals surface area contributed by atoms with E-state index in [0.717, 1.165) is 41.6 Å². The van der Waals surface area contributed by atoms with Crippen LogP contribution in [0.5, 0.6) is 11.5 Å². The van der Waals surface area contributed by atoms with Crippen molar-refractivity contribution in [3.8, 4) is 32.6 Å². The van der Waals surface area contributed by atoms with E-state index in [0.29, 0.717) is 0 Å². The molecule has 3 aromatic carbocycles. The molecule has 126 valence electrons. The fraction of sp³-hybridized carbons (Fsp3) is 0. The summed E-state index contributed by atoms with van der Waals surface area (Å²) in [6.45, 7) is 0. The van der Waals surface area contributed by atoms with Crippen LogP contribution in [0.15, 0.2) is 60.7 Å². The molecule has 6 heteroatoms. The zero-order valence-corrected chi connectivity index (χ0v) is 15.0. The summed E-state index contributed by atoms with van der Waals surface area (Å²) in [5.41, 5.74) is 3.18. The molecule has 0 aliphatic carbocycles. The van der Waals surface area contributed by atoms with Crippen LogP contribution in [0, 0.1) is 0 Å². The van der Waals surface area contributed by atoms with Crippen molar-refractivity contribution in [3.63, 3.8) is 0 Å². The minimum absolute atomic E-state index is 0.230. The fourth-order valence-corrected chi connectivity index (χ4v) is 5.01. The van der Waals surface area contributed by atoms with Crippen LogP contribution in [0.25, 0.3) is 41.6 Å². The summed E-state index contributed by atoms with van der Waals surface area (Å²) in [4.78, 5) is 9.33. The Morgan fingerprint density at radius 2 is 1.08 bits per heavy atom. The molecule has 0 saturated carbocycles. The predicted molar refractivity (Wildman–Crippen MR) is 107 cm³/mol. The summed E-state index contributed by atoms with van der Waals surface area (Å²) in [6, 6.07) is 18.5. The molecule has 0 unspecified atom stereocenters. The first kappa shape index (κ1) is 15.3. The van der Waals surface area contributed by atoms with Gasteiger partial charge in [-0.3, -0.25) is 0 Å². The van der Waals surface area contributed by atoms with Gasteiger partial charge >= 0.3 is 0 Å². The molecule has 0 spiro atoms. The first-order valence-corrected chi connectivity index (χ1v) is 9.60. The molecule has 2 N–H and O–H groups in total. The summed E-state index contributed by atoms with van der Waals surface area (Å²) in [5.74, 6) is 0.460. The molecule has 4 nitrogen and oxygen atoms in total. The molecular weight excluding hydrogens is 364 g/mol. The lowest BCUT2D eigenvalue weighted by Gasteiger charge is -1.98. The molecule has 0 atom stereocenters. The zero-order valence-electron chi connectivity index (χ0n) is 13.4. The summed E-state index contributed by atoms with van der Waals surface area (Å²) in [5, 5.41) is 21.7. The molecule has 0 bridgehead atoms. The van der Waals surface area contributed by atoms with E-state index in [1.54, 1.807) is 46.9 Å². The topological polar surface area (TPSA) is 66.2 Å². The van der Waals surface area contributed by atoms with E-state index in [1.165, 1.54) is 0 Å². The van der Waals surface area contributed by atoms with Gasteiger partial charge in [-0.05, 0) is 36.4 Å². The molecule has 2 aromatic heterocycles. The van der Waals surface area contributed by atoms with Crippen molar-refractivity contribution < 1.29 is 10.2 Å². The average Bonchev–Trinajstić information content (AvgIpc) is 3.23. The second kappa shape index (κ2) is 5.79. The molecule has 0 radical (unpaired) electrons. The molecule has 26 heavy (non-hydrogen) atoms. The van der Waals surface area contributed by atoms with Gasteiger partial charge in [-0.25, -0.2) is 9.97 Å². The van der Waals surface area contributed by atoms with Crippen molar-refractivity contribution in [3.05, 3.63) is 60.7 Å². The Kier molecular flexibility index (Phi) is 3.41. The van der Waals surface area contributed by atoms with Gasteiger partial charge in [0.05, 0.1) is 31.6 Å². The van der Waals surface area contributed by atoms with Crippen LogP contribution in [0.4, 0.5) is 0 Å². The van der Waals surface area contributed by atoms with Crippen LogP contribution in [0.3, 0.4) is 0 Å². The number of aromatic hydroxyl groups is 2. The van der Waals surface area contributed by atoms with Gasteiger partial charge < -0.3 is 10.2 Å². The van der Waals surface area contributed by atoms with E-state index in [2.05, 4.69) is 16.0 Å². The molecule has 0 aliphatic heterocycles. The highest BCUT2D eigenvalue weighted by Crippen LogP contribution is 2.40. The Morgan fingerprint density at radius 1 is 0.615 bits per heavy atom. The monoisotopic (exact) mass is 376 g/mol. The summed E-state index contributed by atoms with van der Waals surface area (Å²) in [7, 11) is 0. The highest BCUT2D eigenvalue weighted by atomic mass is 32.1. The number of phenolic OH excluding ortho intramolecular Hbond substituents is 2. The van der Waals surface area contributed by atoms with Gasteiger partial charge in [-0.15, -0.1) is 22.7 Å². The number of benzene rings is 3. The number of rotatable bonds is 2. The number of nitrogens with zero attached hydrogens (tertiary/aromatic N) is 2. The highest BCUT2D eigenvalue weighted by molar-refractivity contribution is 7.23. The van der Waals surface area contributed by atoms with Crippen LogP contribution >= 0.6 is 22.7 Å². The van der Waals surface area contributed by atoms with Gasteiger partial charge in [0, 0.05) is 0 Å². The lowest BCUT2D eigenvalue weighted by atomic mass is 10.2. The quantitative estimate of drug-likeness (QED) is 0.418. The van der Waals surface area contributed by atoms with E-state index in [-0.39, 0.29) is 11.5 Å². The molecule has 0 amide bonds. The van der Waals surface area contributed by atoms with Crippen molar-refractivity contribution in [2.75, 3.05) is 0 Å². The normalized spacial score (nSPS) is 11.4. The fourth-order valence-electron chi connectivity index (χ4n) is 2.89. The van der Waals surface area contributed by atoms with Crippen LogP contribution in [0.2, 0.25) is 0 Å². The maximum absolute atomic E-state index is 10.1. The minimum Gasteiger partial charge on any atom is -0.507 e. The number of thiazole rings is 2. The number of hydrogen-bond acceptors (Lipinski definition) is 6. The maximum Gasteiger partial charge on any atom is 0.128 e. The molecule has 0 saturated heterocycles.